The van der Waals surface area contributed by atoms with Crippen LogP contribution in [0.2, 0.25) is 0 Å². The van der Waals surface area contributed by atoms with Crippen LogP contribution in [-0.4, -0.2) is 70.5 Å². The van der Waals surface area contributed by atoms with Crippen molar-refractivity contribution >= 4 is 17.5 Å². The number of halogens is 1. The lowest BCUT2D eigenvalue weighted by atomic mass is 9.73. The van der Waals surface area contributed by atoms with Crippen LogP contribution in [0.3, 0.4) is 0 Å². The Bertz CT molecular complexity index is 654. The highest BCUT2D eigenvalue weighted by atomic mass is 19.1. The molecule has 0 bridgehead atoms. The van der Waals surface area contributed by atoms with Crippen LogP contribution in [0.25, 0.3) is 0 Å². The van der Waals surface area contributed by atoms with Gasteiger partial charge in [0.05, 0.1) is 17.9 Å². The van der Waals surface area contributed by atoms with Gasteiger partial charge in [-0.25, -0.2) is 9.18 Å². The molecule has 3 heterocycles. The second-order valence-corrected chi connectivity index (χ2v) is 7.34. The molecule has 0 aliphatic carbocycles. The Morgan fingerprint density at radius 3 is 2.71 bits per heavy atom. The fraction of sp³-hybridized carbons (Fsp3) is 0.588. The Morgan fingerprint density at radius 2 is 2.08 bits per heavy atom. The number of nitrogens with one attached hydrogen (secondary N) is 1. The second kappa shape index (κ2) is 5.60. The van der Waals surface area contributed by atoms with E-state index in [0.29, 0.717) is 29.9 Å². The average Bonchev–Trinajstić information content (AvgIpc) is 2.83. The molecule has 0 radical (unpaired) electrons. The molecule has 3 aliphatic rings. The number of hydrogen-bond donors (Lipinski definition) is 1. The number of likely N-dealkylation sites (tertiary alicyclic amines) is 1. The molecule has 1 aromatic rings. The number of ether oxygens (including phenoxy) is 1. The number of carbonyl (C=O) groups is 1. The van der Waals surface area contributed by atoms with Crippen molar-refractivity contribution in [2.24, 2.45) is 5.41 Å². The van der Waals surface area contributed by atoms with Gasteiger partial charge in [0.25, 0.3) is 0 Å². The molecule has 3 fully saturated rings. The Kier molecular flexibility index (Phi) is 3.65. The van der Waals surface area contributed by atoms with Crippen LogP contribution < -0.4 is 15.1 Å². The zero-order chi connectivity index (χ0) is 16.9. The van der Waals surface area contributed by atoms with Gasteiger partial charge in [-0.05, 0) is 32.3 Å². The van der Waals surface area contributed by atoms with Gasteiger partial charge in [-0.2, -0.15) is 0 Å². The molecule has 1 spiro atoms. The molecule has 3 saturated heterocycles. The predicted molar refractivity (Wildman–Crippen MR) is 90.1 cm³/mol. The maximum absolute atomic E-state index is 14.6. The molecule has 6 nitrogen and oxygen atoms in total. The van der Waals surface area contributed by atoms with E-state index in [1.54, 1.807) is 12.1 Å². The predicted octanol–water partition coefficient (Wildman–Crippen LogP) is 1.12. The first-order chi connectivity index (χ1) is 11.5. The van der Waals surface area contributed by atoms with Gasteiger partial charge in [-0.1, -0.05) is 0 Å². The highest BCUT2D eigenvalue weighted by Gasteiger charge is 2.50. The lowest BCUT2D eigenvalue weighted by molar-refractivity contribution is -0.00270. The van der Waals surface area contributed by atoms with E-state index in [2.05, 4.69) is 22.2 Å². The van der Waals surface area contributed by atoms with Crippen molar-refractivity contribution in [3.05, 3.63) is 24.0 Å². The minimum atomic E-state index is -0.414. The fourth-order valence-corrected chi connectivity index (χ4v) is 4.22. The molecule has 24 heavy (non-hydrogen) atoms. The summed E-state index contributed by atoms with van der Waals surface area (Å²) in [4.78, 5) is 17.8. The smallest absolute Gasteiger partial charge is 0.414 e. The van der Waals surface area contributed by atoms with E-state index in [1.807, 2.05) is 7.05 Å². The molecule has 0 saturated carbocycles. The Morgan fingerprint density at radius 1 is 1.33 bits per heavy atom. The summed E-state index contributed by atoms with van der Waals surface area (Å²) in [5.41, 5.74) is 1.54. The summed E-state index contributed by atoms with van der Waals surface area (Å²) in [6.45, 7) is 5.03. The SMILES string of the molecule is CNCC1CN(c2ccc(N3CC4(CN(C)C4)C3)c(F)c2)C(=O)O1. The summed E-state index contributed by atoms with van der Waals surface area (Å²) in [6.07, 6.45) is -0.612. The third kappa shape index (κ3) is 2.52. The summed E-state index contributed by atoms with van der Waals surface area (Å²) >= 11 is 0. The maximum Gasteiger partial charge on any atom is 0.414 e. The van der Waals surface area contributed by atoms with Crippen molar-refractivity contribution in [2.75, 3.05) is 63.2 Å². The number of rotatable bonds is 4. The monoisotopic (exact) mass is 334 g/mol. The van der Waals surface area contributed by atoms with Crippen molar-refractivity contribution in [2.45, 2.75) is 6.10 Å². The zero-order valence-electron chi connectivity index (χ0n) is 14.1. The average molecular weight is 334 g/mol. The summed E-state index contributed by atoms with van der Waals surface area (Å²) in [5, 5.41) is 2.99. The minimum Gasteiger partial charge on any atom is -0.443 e. The van der Waals surface area contributed by atoms with Gasteiger partial charge in [0.2, 0.25) is 0 Å². The number of benzene rings is 1. The summed E-state index contributed by atoms with van der Waals surface area (Å²) in [5.74, 6) is -0.278. The van der Waals surface area contributed by atoms with Gasteiger partial charge in [-0.3, -0.25) is 4.90 Å². The number of cyclic esters (lactones) is 1. The molecule has 0 aromatic heterocycles. The number of anilines is 2. The highest BCUT2D eigenvalue weighted by molar-refractivity contribution is 5.90. The van der Waals surface area contributed by atoms with Crippen LogP contribution >= 0.6 is 0 Å². The standard InChI is InChI=1S/C17H23FN4O2/c1-19-6-13-7-22(16(23)24-13)12-3-4-15(14(18)5-12)21-10-17(11-21)8-20(2)9-17/h3-5,13,19H,6-11H2,1-2H3. The third-order valence-corrected chi connectivity index (χ3v) is 5.15. The van der Waals surface area contributed by atoms with Crippen LogP contribution in [0.1, 0.15) is 0 Å². The fourth-order valence-electron chi connectivity index (χ4n) is 4.22. The second-order valence-electron chi connectivity index (χ2n) is 7.34. The van der Waals surface area contributed by atoms with Crippen LogP contribution in [0.15, 0.2) is 18.2 Å². The quantitative estimate of drug-likeness (QED) is 0.894. The number of likely N-dealkylation sites (N-methyl/N-ethyl adjacent to an activating group) is 1. The van der Waals surface area contributed by atoms with Crippen molar-refractivity contribution in [1.82, 2.24) is 10.2 Å². The van der Waals surface area contributed by atoms with E-state index < -0.39 is 6.09 Å². The van der Waals surface area contributed by atoms with Gasteiger partial charge in [0, 0.05) is 38.1 Å². The molecule has 1 unspecified atom stereocenters. The zero-order valence-corrected chi connectivity index (χ0v) is 14.1. The van der Waals surface area contributed by atoms with E-state index in [1.165, 1.54) is 11.0 Å². The van der Waals surface area contributed by atoms with Crippen LogP contribution in [-0.2, 0) is 4.74 Å². The first kappa shape index (κ1) is 15.7. The van der Waals surface area contributed by atoms with Gasteiger partial charge >= 0.3 is 6.09 Å². The van der Waals surface area contributed by atoms with E-state index in [4.69, 9.17) is 4.74 Å². The first-order valence-electron chi connectivity index (χ1n) is 8.35. The molecule has 1 N–H and O–H groups in total. The topological polar surface area (TPSA) is 48.0 Å². The molecule has 3 aliphatic heterocycles. The van der Waals surface area contributed by atoms with Gasteiger partial charge in [-0.15, -0.1) is 0 Å². The molecule has 4 rings (SSSR count). The van der Waals surface area contributed by atoms with Crippen LogP contribution in [0.5, 0.6) is 0 Å². The van der Waals surface area contributed by atoms with E-state index in [-0.39, 0.29) is 11.9 Å². The molecular formula is C17H23FN4O2. The van der Waals surface area contributed by atoms with E-state index >= 15 is 0 Å². The van der Waals surface area contributed by atoms with E-state index in [9.17, 15) is 9.18 Å². The highest BCUT2D eigenvalue weighted by Crippen LogP contribution is 2.42. The lowest BCUT2D eigenvalue weighted by Gasteiger charge is -2.60. The summed E-state index contributed by atoms with van der Waals surface area (Å²) < 4.78 is 19.8. The largest absolute Gasteiger partial charge is 0.443 e. The van der Waals surface area contributed by atoms with Gasteiger partial charge in [0.1, 0.15) is 11.9 Å². The molecular weight excluding hydrogens is 311 g/mol. The number of carbonyl (C=O) groups excluding carboxylic acids is 1. The third-order valence-electron chi connectivity index (χ3n) is 5.15. The van der Waals surface area contributed by atoms with Gasteiger partial charge in [0.15, 0.2) is 0 Å². The Balaban J connectivity index is 1.44. The summed E-state index contributed by atoms with van der Waals surface area (Å²) in [7, 11) is 3.92. The molecule has 1 atom stereocenters. The summed E-state index contributed by atoms with van der Waals surface area (Å²) in [6, 6.07) is 5.02. The van der Waals surface area contributed by atoms with Crippen LogP contribution in [0.4, 0.5) is 20.6 Å². The van der Waals surface area contributed by atoms with Crippen molar-refractivity contribution < 1.29 is 13.9 Å². The normalized spacial score (nSPS) is 25.6. The Hall–Kier alpha value is -1.86. The van der Waals surface area contributed by atoms with Crippen molar-refractivity contribution in [3.63, 3.8) is 0 Å². The van der Waals surface area contributed by atoms with Crippen molar-refractivity contribution in [1.29, 1.82) is 0 Å². The van der Waals surface area contributed by atoms with Crippen LogP contribution in [0, 0.1) is 11.2 Å². The number of nitrogens with zero attached hydrogens (tertiary/aromatic N) is 3. The molecule has 130 valence electrons. The number of amides is 1. The molecule has 7 heteroatoms. The van der Waals surface area contributed by atoms with E-state index in [0.717, 1.165) is 26.2 Å². The molecule has 1 amide bonds. The first-order valence-corrected chi connectivity index (χ1v) is 8.35. The lowest BCUT2D eigenvalue weighted by Crippen LogP contribution is -2.71. The number of hydrogen-bond acceptors (Lipinski definition) is 5. The maximum atomic E-state index is 14.6. The minimum absolute atomic E-state index is 0.198. The van der Waals surface area contributed by atoms with Gasteiger partial charge < -0.3 is 19.9 Å². The Labute approximate surface area is 141 Å². The molecule has 1 aromatic carbocycles. The van der Waals surface area contributed by atoms with Crippen molar-refractivity contribution in [3.8, 4) is 0 Å².